The summed E-state index contributed by atoms with van der Waals surface area (Å²) in [6, 6.07) is 6.50. The second kappa shape index (κ2) is 5.53. The lowest BCUT2D eigenvalue weighted by Crippen LogP contribution is -2.18. The van der Waals surface area contributed by atoms with Gasteiger partial charge in [-0.2, -0.15) is 5.10 Å². The van der Waals surface area contributed by atoms with Crippen molar-refractivity contribution in [1.29, 1.82) is 0 Å². The number of hydrogen-bond acceptors (Lipinski definition) is 4. The van der Waals surface area contributed by atoms with E-state index < -0.39 is 5.97 Å². The van der Waals surface area contributed by atoms with Crippen LogP contribution in [-0.2, 0) is 16.0 Å². The quantitative estimate of drug-likeness (QED) is 0.766. The van der Waals surface area contributed by atoms with Gasteiger partial charge in [-0.25, -0.2) is 9.18 Å². The predicted molar refractivity (Wildman–Crippen MR) is 66.2 cm³/mol. The molecule has 0 amide bonds. The van der Waals surface area contributed by atoms with Crippen molar-refractivity contribution in [3.8, 4) is 0 Å². The number of carbonyl (C=O) groups is 1. The Balaban J connectivity index is 1.96. The third-order valence-electron chi connectivity index (χ3n) is 2.55. The Labute approximate surface area is 104 Å². The first-order valence-electron chi connectivity index (χ1n) is 5.73. The van der Waals surface area contributed by atoms with Gasteiger partial charge < -0.3 is 4.74 Å². The Bertz CT molecular complexity index is 523. The molecule has 0 saturated carbocycles. The summed E-state index contributed by atoms with van der Waals surface area (Å²) < 4.78 is 18.3. The normalized spacial score (nSPS) is 14.1. The zero-order valence-corrected chi connectivity index (χ0v) is 10.0. The first kappa shape index (κ1) is 12.4. The molecule has 0 spiro atoms. The lowest BCUT2D eigenvalue weighted by atomic mass is 10.0. The van der Waals surface area contributed by atoms with E-state index in [1.165, 1.54) is 6.07 Å². The minimum atomic E-state index is -0.454. The van der Waals surface area contributed by atoms with Gasteiger partial charge in [-0.15, -0.1) is 5.10 Å². The zero-order chi connectivity index (χ0) is 13.0. The Morgan fingerprint density at radius 3 is 2.89 bits per heavy atom. The van der Waals surface area contributed by atoms with E-state index in [1.54, 1.807) is 25.1 Å². The molecule has 2 rings (SSSR count). The van der Waals surface area contributed by atoms with Crippen molar-refractivity contribution in [3.63, 3.8) is 0 Å². The van der Waals surface area contributed by atoms with Gasteiger partial charge in [-0.05, 0) is 18.6 Å². The SMILES string of the molecule is CCOC(=O)C1=NN=C(Cc2ccccc2F)C1. The summed E-state index contributed by atoms with van der Waals surface area (Å²) in [6.07, 6.45) is 0.687. The van der Waals surface area contributed by atoms with Crippen molar-refractivity contribution < 1.29 is 13.9 Å². The van der Waals surface area contributed by atoms with Crippen molar-refractivity contribution in [1.82, 2.24) is 0 Å². The fourth-order valence-electron chi connectivity index (χ4n) is 1.68. The van der Waals surface area contributed by atoms with Gasteiger partial charge in [0, 0.05) is 12.8 Å². The Hall–Kier alpha value is -2.04. The molecular formula is C13H13FN2O2. The van der Waals surface area contributed by atoms with Gasteiger partial charge in [0.15, 0.2) is 5.71 Å². The fraction of sp³-hybridized carbons (Fsp3) is 0.308. The summed E-state index contributed by atoms with van der Waals surface area (Å²) in [4.78, 5) is 11.4. The first-order valence-corrected chi connectivity index (χ1v) is 5.73. The smallest absolute Gasteiger partial charge is 0.354 e. The minimum Gasteiger partial charge on any atom is -0.461 e. The molecular weight excluding hydrogens is 235 g/mol. The standard InChI is InChI=1S/C13H13FN2O2/c1-2-18-13(17)12-8-10(15-16-12)7-9-5-3-4-6-11(9)14/h3-6H,2,7-8H2,1H3. The van der Waals surface area contributed by atoms with Crippen molar-refractivity contribution in [3.05, 3.63) is 35.6 Å². The van der Waals surface area contributed by atoms with Gasteiger partial charge >= 0.3 is 5.97 Å². The summed E-state index contributed by atoms with van der Waals surface area (Å²) in [5, 5.41) is 7.66. The van der Waals surface area contributed by atoms with Gasteiger partial charge in [-0.3, -0.25) is 0 Å². The summed E-state index contributed by atoms with van der Waals surface area (Å²) in [6.45, 7) is 2.04. The van der Waals surface area contributed by atoms with Gasteiger partial charge in [0.1, 0.15) is 5.82 Å². The van der Waals surface area contributed by atoms with E-state index in [-0.39, 0.29) is 11.5 Å². The molecule has 1 aliphatic heterocycles. The largest absolute Gasteiger partial charge is 0.461 e. The maximum absolute atomic E-state index is 13.4. The molecule has 1 aliphatic rings. The van der Waals surface area contributed by atoms with Crippen LogP contribution in [0.3, 0.4) is 0 Å². The molecule has 0 bridgehead atoms. The average Bonchev–Trinajstić information content (AvgIpc) is 2.81. The monoisotopic (exact) mass is 248 g/mol. The molecule has 0 fully saturated rings. The second-order valence-electron chi connectivity index (χ2n) is 3.88. The van der Waals surface area contributed by atoms with Gasteiger partial charge in [0.05, 0.1) is 12.3 Å². The molecule has 5 heteroatoms. The zero-order valence-electron chi connectivity index (χ0n) is 10.0. The Morgan fingerprint density at radius 2 is 2.17 bits per heavy atom. The summed E-state index contributed by atoms with van der Waals surface area (Å²) in [7, 11) is 0. The number of halogens is 1. The van der Waals surface area contributed by atoms with Crippen molar-refractivity contribution >= 4 is 17.4 Å². The molecule has 0 unspecified atom stereocenters. The Kier molecular flexibility index (Phi) is 3.82. The molecule has 0 aliphatic carbocycles. The van der Waals surface area contributed by atoms with E-state index in [1.807, 2.05) is 0 Å². The third-order valence-corrected chi connectivity index (χ3v) is 2.55. The van der Waals surface area contributed by atoms with Crippen LogP contribution in [0.1, 0.15) is 18.9 Å². The maximum atomic E-state index is 13.4. The molecule has 0 N–H and O–H groups in total. The molecule has 1 aromatic rings. The van der Waals surface area contributed by atoms with Crippen molar-refractivity contribution in [2.24, 2.45) is 10.2 Å². The second-order valence-corrected chi connectivity index (χ2v) is 3.88. The molecule has 0 radical (unpaired) electrons. The molecule has 1 heterocycles. The van der Waals surface area contributed by atoms with Gasteiger partial charge in [-0.1, -0.05) is 18.2 Å². The van der Waals surface area contributed by atoms with E-state index in [2.05, 4.69) is 10.2 Å². The van der Waals surface area contributed by atoms with Crippen LogP contribution in [-0.4, -0.2) is 24.0 Å². The van der Waals surface area contributed by atoms with Crippen LogP contribution in [0.15, 0.2) is 34.5 Å². The van der Waals surface area contributed by atoms with Gasteiger partial charge in [0.2, 0.25) is 0 Å². The first-order chi connectivity index (χ1) is 8.70. The maximum Gasteiger partial charge on any atom is 0.354 e. The summed E-state index contributed by atoms with van der Waals surface area (Å²) in [5.74, 6) is -0.727. The van der Waals surface area contributed by atoms with Crippen LogP contribution >= 0.6 is 0 Å². The number of nitrogens with zero attached hydrogens (tertiary/aromatic N) is 2. The highest BCUT2D eigenvalue weighted by Gasteiger charge is 2.21. The van der Waals surface area contributed by atoms with E-state index in [0.29, 0.717) is 30.7 Å². The number of ether oxygens (including phenoxy) is 1. The van der Waals surface area contributed by atoms with Crippen LogP contribution in [0.4, 0.5) is 4.39 Å². The van der Waals surface area contributed by atoms with Crippen LogP contribution in [0.25, 0.3) is 0 Å². The van der Waals surface area contributed by atoms with Crippen LogP contribution in [0, 0.1) is 5.82 Å². The van der Waals surface area contributed by atoms with E-state index in [0.717, 1.165) is 0 Å². The fourth-order valence-corrected chi connectivity index (χ4v) is 1.68. The molecule has 18 heavy (non-hydrogen) atoms. The lowest BCUT2D eigenvalue weighted by Gasteiger charge is -2.03. The van der Waals surface area contributed by atoms with E-state index in [9.17, 15) is 9.18 Å². The van der Waals surface area contributed by atoms with Crippen LogP contribution in [0.5, 0.6) is 0 Å². The number of carbonyl (C=O) groups excluding carboxylic acids is 1. The topological polar surface area (TPSA) is 51.0 Å². The predicted octanol–water partition coefficient (Wildman–Crippen LogP) is 2.13. The van der Waals surface area contributed by atoms with Gasteiger partial charge in [0.25, 0.3) is 0 Å². The minimum absolute atomic E-state index is 0.273. The number of hydrogen-bond donors (Lipinski definition) is 0. The number of esters is 1. The van der Waals surface area contributed by atoms with Crippen LogP contribution < -0.4 is 0 Å². The number of rotatable bonds is 4. The van der Waals surface area contributed by atoms with Crippen molar-refractivity contribution in [2.45, 2.75) is 19.8 Å². The molecule has 94 valence electrons. The van der Waals surface area contributed by atoms with E-state index >= 15 is 0 Å². The van der Waals surface area contributed by atoms with Crippen LogP contribution in [0.2, 0.25) is 0 Å². The summed E-state index contributed by atoms with van der Waals surface area (Å²) in [5.41, 5.74) is 1.50. The average molecular weight is 248 g/mol. The number of benzene rings is 1. The molecule has 4 nitrogen and oxygen atoms in total. The van der Waals surface area contributed by atoms with Crippen molar-refractivity contribution in [2.75, 3.05) is 6.61 Å². The van der Waals surface area contributed by atoms with E-state index in [4.69, 9.17) is 4.74 Å². The third kappa shape index (κ3) is 2.80. The lowest BCUT2D eigenvalue weighted by molar-refractivity contribution is -0.135. The molecule has 0 atom stereocenters. The molecule has 0 aromatic heterocycles. The Morgan fingerprint density at radius 1 is 1.39 bits per heavy atom. The highest BCUT2D eigenvalue weighted by atomic mass is 19.1. The molecule has 1 aromatic carbocycles. The summed E-state index contributed by atoms with van der Waals surface area (Å²) >= 11 is 0. The molecule has 0 saturated heterocycles. The highest BCUT2D eigenvalue weighted by molar-refractivity contribution is 6.41. The highest BCUT2D eigenvalue weighted by Crippen LogP contribution is 2.13.